The fourth-order valence-electron chi connectivity index (χ4n) is 3.80. The number of hydrogen-bond acceptors (Lipinski definition) is 5. The first-order chi connectivity index (χ1) is 12.7. The largest absolute Gasteiger partial charge is 0.346 e. The van der Waals surface area contributed by atoms with E-state index in [9.17, 15) is 4.79 Å². The molecule has 1 amide bonds. The fourth-order valence-corrected chi connectivity index (χ4v) is 4.76. The molecular formula is C19H25N5OS. The van der Waals surface area contributed by atoms with E-state index in [0.717, 1.165) is 59.9 Å². The molecule has 4 heterocycles. The quantitative estimate of drug-likeness (QED) is 0.868. The van der Waals surface area contributed by atoms with E-state index in [1.54, 1.807) is 11.8 Å². The van der Waals surface area contributed by atoms with Crippen LogP contribution in [0.4, 0.5) is 5.69 Å². The Morgan fingerprint density at radius 3 is 3.15 bits per heavy atom. The van der Waals surface area contributed by atoms with Gasteiger partial charge in [0.15, 0.2) is 0 Å². The third kappa shape index (κ3) is 3.21. The average molecular weight is 372 g/mol. The van der Waals surface area contributed by atoms with Crippen LogP contribution in [0.15, 0.2) is 29.6 Å². The van der Waals surface area contributed by atoms with Gasteiger partial charge in [0.05, 0.1) is 10.6 Å². The summed E-state index contributed by atoms with van der Waals surface area (Å²) in [5.74, 6) is 1.07. The number of likely N-dealkylation sites (N-methyl/N-ethyl adjacent to an activating group) is 1. The van der Waals surface area contributed by atoms with Gasteiger partial charge in [0.25, 0.3) is 5.91 Å². The summed E-state index contributed by atoms with van der Waals surface area (Å²) >= 11 is 1.67. The van der Waals surface area contributed by atoms with Gasteiger partial charge < -0.3 is 20.1 Å². The van der Waals surface area contributed by atoms with Gasteiger partial charge in [-0.15, -0.1) is 11.8 Å². The summed E-state index contributed by atoms with van der Waals surface area (Å²) in [5, 5.41) is 4.44. The van der Waals surface area contributed by atoms with Crippen molar-refractivity contribution in [2.45, 2.75) is 25.8 Å². The van der Waals surface area contributed by atoms with E-state index in [0.29, 0.717) is 6.04 Å². The topological polar surface area (TPSA) is 64.3 Å². The number of amides is 1. The van der Waals surface area contributed by atoms with Crippen LogP contribution in [0.2, 0.25) is 0 Å². The normalized spacial score (nSPS) is 21.2. The number of thioether (sulfide) groups is 1. The van der Waals surface area contributed by atoms with Gasteiger partial charge in [0.1, 0.15) is 5.65 Å². The Morgan fingerprint density at radius 1 is 1.42 bits per heavy atom. The van der Waals surface area contributed by atoms with E-state index in [2.05, 4.69) is 27.1 Å². The Bertz CT molecular complexity index is 846. The highest BCUT2D eigenvalue weighted by Gasteiger charge is 2.27. The monoisotopic (exact) mass is 371 g/mol. The van der Waals surface area contributed by atoms with Crippen LogP contribution in [0.3, 0.4) is 0 Å². The zero-order chi connectivity index (χ0) is 18.1. The van der Waals surface area contributed by atoms with Crippen LogP contribution in [-0.2, 0) is 4.79 Å². The molecule has 1 fully saturated rings. The minimum atomic E-state index is 0.163. The van der Waals surface area contributed by atoms with Crippen LogP contribution in [0.5, 0.6) is 0 Å². The second-order valence-corrected chi connectivity index (χ2v) is 8.08. The van der Waals surface area contributed by atoms with Crippen molar-refractivity contribution in [2.24, 2.45) is 0 Å². The maximum absolute atomic E-state index is 13.0. The van der Waals surface area contributed by atoms with Crippen molar-refractivity contribution in [1.29, 1.82) is 0 Å². The third-order valence-electron chi connectivity index (χ3n) is 5.25. The zero-order valence-corrected chi connectivity index (χ0v) is 16.1. The van der Waals surface area contributed by atoms with Crippen LogP contribution in [0, 0.1) is 6.92 Å². The van der Waals surface area contributed by atoms with Crippen LogP contribution in [0.25, 0.3) is 11.0 Å². The number of hydrogen-bond donors (Lipinski definition) is 2. The first-order valence-electron chi connectivity index (χ1n) is 9.18. The highest BCUT2D eigenvalue weighted by molar-refractivity contribution is 8.04. The van der Waals surface area contributed by atoms with Crippen molar-refractivity contribution < 1.29 is 4.79 Å². The first kappa shape index (κ1) is 17.4. The number of aromatic amines is 1. The summed E-state index contributed by atoms with van der Waals surface area (Å²) in [7, 11) is 1.98. The minimum absolute atomic E-state index is 0.163. The maximum Gasteiger partial charge on any atom is 0.261 e. The molecule has 2 N–H and O–H groups in total. The molecule has 26 heavy (non-hydrogen) atoms. The van der Waals surface area contributed by atoms with Gasteiger partial charge in [-0.2, -0.15) is 0 Å². The molecule has 2 aliphatic heterocycles. The molecule has 138 valence electrons. The highest BCUT2D eigenvalue weighted by atomic mass is 32.2. The molecule has 0 radical (unpaired) electrons. The lowest BCUT2D eigenvalue weighted by atomic mass is 10.1. The Labute approximate surface area is 158 Å². The number of carbonyl (C=O) groups is 1. The SMILES string of the molecule is CN[C@H]1CCCN(C(=O)C2=CN(c3ccnc4[nH]cc(C)c34)CCS2)C1. The number of anilines is 1. The number of pyridine rings is 1. The lowest BCUT2D eigenvalue weighted by Gasteiger charge is -2.34. The molecule has 1 saturated heterocycles. The van der Waals surface area contributed by atoms with Crippen molar-refractivity contribution in [2.75, 3.05) is 37.3 Å². The molecule has 0 spiro atoms. The molecule has 2 aromatic heterocycles. The van der Waals surface area contributed by atoms with E-state index in [4.69, 9.17) is 0 Å². The van der Waals surface area contributed by atoms with Crippen molar-refractivity contribution in [3.05, 3.63) is 35.1 Å². The van der Waals surface area contributed by atoms with Crippen molar-refractivity contribution in [3.63, 3.8) is 0 Å². The van der Waals surface area contributed by atoms with Crippen LogP contribution < -0.4 is 10.2 Å². The fraction of sp³-hybridized carbons (Fsp3) is 0.474. The number of fused-ring (bicyclic) bond motifs is 1. The van der Waals surface area contributed by atoms with Gasteiger partial charge in [0, 0.05) is 55.4 Å². The Kier molecular flexibility index (Phi) is 4.91. The molecule has 1 atom stereocenters. The van der Waals surface area contributed by atoms with E-state index in [-0.39, 0.29) is 5.91 Å². The van der Waals surface area contributed by atoms with E-state index in [1.807, 2.05) is 36.6 Å². The minimum Gasteiger partial charge on any atom is -0.346 e. The number of aromatic nitrogens is 2. The molecule has 0 aromatic carbocycles. The van der Waals surface area contributed by atoms with Gasteiger partial charge in [-0.3, -0.25) is 4.79 Å². The summed E-state index contributed by atoms with van der Waals surface area (Å²) in [6, 6.07) is 2.44. The van der Waals surface area contributed by atoms with E-state index >= 15 is 0 Å². The number of nitrogens with one attached hydrogen (secondary N) is 2. The van der Waals surface area contributed by atoms with Crippen molar-refractivity contribution in [1.82, 2.24) is 20.2 Å². The van der Waals surface area contributed by atoms with Gasteiger partial charge in [-0.05, 0) is 38.4 Å². The number of rotatable bonds is 3. The second-order valence-electron chi connectivity index (χ2n) is 6.94. The number of piperidine rings is 1. The maximum atomic E-state index is 13.0. The molecule has 6 nitrogen and oxygen atoms in total. The second kappa shape index (κ2) is 7.32. The standard InChI is InChI=1S/C19H25N5OS/c1-13-10-22-18-17(13)15(5-6-21-18)23-8-9-26-16(12-23)19(25)24-7-3-4-14(11-24)20-2/h5-6,10,12,14,20H,3-4,7-9,11H2,1-2H3,(H,21,22)/t14-/m0/s1. The van der Waals surface area contributed by atoms with Crippen LogP contribution >= 0.6 is 11.8 Å². The molecule has 2 aromatic rings. The summed E-state index contributed by atoms with van der Waals surface area (Å²) in [5.41, 5.74) is 3.19. The van der Waals surface area contributed by atoms with Gasteiger partial charge >= 0.3 is 0 Å². The Morgan fingerprint density at radius 2 is 2.31 bits per heavy atom. The lowest BCUT2D eigenvalue weighted by molar-refractivity contribution is -0.127. The smallest absolute Gasteiger partial charge is 0.261 e. The van der Waals surface area contributed by atoms with Crippen LogP contribution in [-0.4, -0.2) is 59.3 Å². The highest BCUT2D eigenvalue weighted by Crippen LogP contribution is 2.33. The molecule has 4 rings (SSSR count). The number of H-pyrrole nitrogens is 1. The predicted molar refractivity (Wildman–Crippen MR) is 107 cm³/mol. The van der Waals surface area contributed by atoms with Crippen LogP contribution in [0.1, 0.15) is 18.4 Å². The van der Waals surface area contributed by atoms with Crippen molar-refractivity contribution >= 4 is 34.4 Å². The molecular weight excluding hydrogens is 346 g/mol. The number of aryl methyl sites for hydroxylation is 1. The average Bonchev–Trinajstić information content (AvgIpc) is 3.09. The third-order valence-corrected chi connectivity index (χ3v) is 6.23. The molecule has 2 aliphatic rings. The summed E-state index contributed by atoms with van der Waals surface area (Å²) in [4.78, 5) is 25.7. The predicted octanol–water partition coefficient (Wildman–Crippen LogP) is 2.48. The van der Waals surface area contributed by atoms with Gasteiger partial charge in [-0.25, -0.2) is 4.98 Å². The molecule has 0 saturated carbocycles. The van der Waals surface area contributed by atoms with Gasteiger partial charge in [0.2, 0.25) is 0 Å². The lowest BCUT2D eigenvalue weighted by Crippen LogP contribution is -2.47. The number of likely N-dealkylation sites (tertiary alicyclic amines) is 1. The number of carbonyl (C=O) groups excluding carboxylic acids is 1. The van der Waals surface area contributed by atoms with Crippen molar-refractivity contribution in [3.8, 4) is 0 Å². The first-order valence-corrected chi connectivity index (χ1v) is 10.2. The molecule has 0 aliphatic carbocycles. The Hall–Kier alpha value is -1.99. The Balaban J connectivity index is 1.61. The van der Waals surface area contributed by atoms with Gasteiger partial charge in [-0.1, -0.05) is 0 Å². The van der Waals surface area contributed by atoms with E-state index in [1.165, 1.54) is 5.56 Å². The summed E-state index contributed by atoms with van der Waals surface area (Å²) < 4.78 is 0. The summed E-state index contributed by atoms with van der Waals surface area (Å²) in [6.07, 6.45) is 8.04. The number of nitrogens with zero attached hydrogens (tertiary/aromatic N) is 3. The zero-order valence-electron chi connectivity index (χ0n) is 15.3. The molecule has 0 bridgehead atoms. The molecule has 0 unspecified atom stereocenters. The molecule has 7 heteroatoms. The van der Waals surface area contributed by atoms with E-state index < -0.39 is 0 Å². The summed E-state index contributed by atoms with van der Waals surface area (Å²) in [6.45, 7) is 4.63.